The third-order valence-corrected chi connectivity index (χ3v) is 5.07. The molecule has 0 spiro atoms. The molecule has 0 atom stereocenters. The predicted molar refractivity (Wildman–Crippen MR) is 122 cm³/mol. The number of rotatable bonds is 8. The van der Waals surface area contributed by atoms with Crippen molar-refractivity contribution in [2.75, 3.05) is 33.1 Å². The number of benzene rings is 2. The lowest BCUT2D eigenvalue weighted by molar-refractivity contribution is -0.117. The fraction of sp³-hybridized carbons (Fsp3) is 0.333. The predicted octanol–water partition coefficient (Wildman–Crippen LogP) is 3.89. The fourth-order valence-corrected chi connectivity index (χ4v) is 3.44. The molecule has 0 fully saturated rings. The number of likely N-dealkylation sites (N-methyl/N-ethyl adjacent to an activating group) is 1. The Bertz CT molecular complexity index is 1060. The Labute approximate surface area is 183 Å². The highest BCUT2D eigenvalue weighted by atomic mass is 16.5. The molecule has 1 heterocycles. The zero-order valence-electron chi connectivity index (χ0n) is 19.0. The quantitative estimate of drug-likeness (QED) is 0.597. The van der Waals surface area contributed by atoms with Crippen LogP contribution in [0.25, 0.3) is 5.69 Å². The second kappa shape index (κ2) is 9.66. The van der Waals surface area contributed by atoms with Gasteiger partial charge >= 0.3 is 0 Å². The maximum Gasteiger partial charge on any atom is 0.239 e. The molecular formula is C24H30N4O3. The van der Waals surface area contributed by atoms with Gasteiger partial charge in [0.25, 0.3) is 0 Å². The summed E-state index contributed by atoms with van der Waals surface area (Å²) in [5, 5.41) is 7.51. The number of methoxy groups -OCH3 is 2. The van der Waals surface area contributed by atoms with Crippen molar-refractivity contribution in [2.45, 2.75) is 27.3 Å². The first-order valence-corrected chi connectivity index (χ1v) is 10.1. The zero-order valence-corrected chi connectivity index (χ0v) is 19.0. The second-order valence-electron chi connectivity index (χ2n) is 7.77. The van der Waals surface area contributed by atoms with E-state index in [0.29, 0.717) is 23.9 Å². The van der Waals surface area contributed by atoms with Crippen LogP contribution in [0.5, 0.6) is 11.5 Å². The molecule has 0 aliphatic rings. The molecule has 0 saturated heterocycles. The number of nitrogens with one attached hydrogen (secondary N) is 1. The molecule has 1 amide bonds. The molecule has 0 radical (unpaired) electrons. The maximum atomic E-state index is 12.7. The van der Waals surface area contributed by atoms with Gasteiger partial charge in [0.05, 0.1) is 32.1 Å². The molecule has 0 bridgehead atoms. The van der Waals surface area contributed by atoms with Crippen molar-refractivity contribution in [2.24, 2.45) is 0 Å². The minimum Gasteiger partial charge on any atom is -0.493 e. The SMILES string of the molecule is COc1cc(C)c(CN(C)CC(=O)Nc2cc(C)nn2-c2ccc(C)cc2)cc1OC. The monoisotopic (exact) mass is 422 g/mol. The zero-order chi connectivity index (χ0) is 22.5. The van der Waals surface area contributed by atoms with Crippen LogP contribution in [0.2, 0.25) is 0 Å². The lowest BCUT2D eigenvalue weighted by Gasteiger charge is -2.19. The topological polar surface area (TPSA) is 68.6 Å². The maximum absolute atomic E-state index is 12.7. The molecule has 3 rings (SSSR count). The van der Waals surface area contributed by atoms with E-state index < -0.39 is 0 Å². The smallest absolute Gasteiger partial charge is 0.239 e. The number of ether oxygens (including phenoxy) is 2. The summed E-state index contributed by atoms with van der Waals surface area (Å²) < 4.78 is 12.5. The second-order valence-corrected chi connectivity index (χ2v) is 7.77. The van der Waals surface area contributed by atoms with Crippen molar-refractivity contribution in [3.8, 4) is 17.2 Å². The van der Waals surface area contributed by atoms with Gasteiger partial charge in [0, 0.05) is 12.6 Å². The number of hydrogen-bond donors (Lipinski definition) is 1. The number of nitrogens with zero attached hydrogens (tertiary/aromatic N) is 3. The third-order valence-electron chi connectivity index (χ3n) is 5.07. The minimum absolute atomic E-state index is 0.103. The Hall–Kier alpha value is -3.32. The number of aryl methyl sites for hydroxylation is 3. The Morgan fingerprint density at radius 1 is 1.03 bits per heavy atom. The number of aromatic nitrogens is 2. The van der Waals surface area contributed by atoms with Gasteiger partial charge < -0.3 is 14.8 Å². The van der Waals surface area contributed by atoms with Gasteiger partial charge in [0.1, 0.15) is 5.82 Å². The van der Waals surface area contributed by atoms with E-state index in [1.165, 1.54) is 5.56 Å². The molecular weight excluding hydrogens is 392 g/mol. The number of carbonyl (C=O) groups excluding carboxylic acids is 1. The first-order valence-electron chi connectivity index (χ1n) is 10.1. The Kier molecular flexibility index (Phi) is 6.97. The van der Waals surface area contributed by atoms with E-state index in [0.717, 1.165) is 22.5 Å². The standard InChI is InChI=1S/C24H30N4O3/c1-16-7-9-20(10-8-16)28-23(12-18(3)26-28)25-24(29)15-27(4)14-19-13-22(31-6)21(30-5)11-17(19)2/h7-13H,14-15H2,1-6H3,(H,25,29). The largest absolute Gasteiger partial charge is 0.493 e. The van der Waals surface area contributed by atoms with E-state index in [9.17, 15) is 4.79 Å². The summed E-state index contributed by atoms with van der Waals surface area (Å²) in [6.45, 7) is 6.82. The molecule has 31 heavy (non-hydrogen) atoms. The van der Waals surface area contributed by atoms with E-state index in [-0.39, 0.29) is 12.5 Å². The Balaban J connectivity index is 1.69. The highest BCUT2D eigenvalue weighted by molar-refractivity contribution is 5.91. The lowest BCUT2D eigenvalue weighted by Crippen LogP contribution is -2.30. The van der Waals surface area contributed by atoms with Crippen molar-refractivity contribution in [3.05, 3.63) is 64.8 Å². The van der Waals surface area contributed by atoms with Gasteiger partial charge in [-0.2, -0.15) is 5.10 Å². The van der Waals surface area contributed by atoms with Gasteiger partial charge in [0.2, 0.25) is 5.91 Å². The van der Waals surface area contributed by atoms with Gasteiger partial charge in [-0.05, 0) is 63.2 Å². The summed E-state index contributed by atoms with van der Waals surface area (Å²) in [6, 6.07) is 13.8. The third kappa shape index (κ3) is 5.44. The molecule has 2 aromatic carbocycles. The average molecular weight is 423 g/mol. The van der Waals surface area contributed by atoms with E-state index in [1.54, 1.807) is 18.9 Å². The summed E-state index contributed by atoms with van der Waals surface area (Å²) in [7, 11) is 5.15. The van der Waals surface area contributed by atoms with E-state index in [4.69, 9.17) is 9.47 Å². The van der Waals surface area contributed by atoms with Crippen LogP contribution in [0.4, 0.5) is 5.82 Å². The fourth-order valence-electron chi connectivity index (χ4n) is 3.44. The van der Waals surface area contributed by atoms with Gasteiger partial charge in [-0.1, -0.05) is 17.7 Å². The van der Waals surface area contributed by atoms with Crippen LogP contribution < -0.4 is 14.8 Å². The van der Waals surface area contributed by atoms with Gasteiger partial charge in [-0.3, -0.25) is 9.69 Å². The molecule has 7 heteroatoms. The molecule has 0 aliphatic heterocycles. The Morgan fingerprint density at radius 3 is 2.32 bits per heavy atom. The Morgan fingerprint density at radius 2 is 1.68 bits per heavy atom. The summed E-state index contributed by atoms with van der Waals surface area (Å²) in [4.78, 5) is 14.7. The molecule has 3 aromatic rings. The molecule has 7 nitrogen and oxygen atoms in total. The molecule has 0 unspecified atom stereocenters. The van der Waals surface area contributed by atoms with Crippen LogP contribution in [-0.4, -0.2) is 48.4 Å². The van der Waals surface area contributed by atoms with Crippen molar-refractivity contribution in [1.82, 2.24) is 14.7 Å². The van der Waals surface area contributed by atoms with Gasteiger partial charge in [-0.25, -0.2) is 4.68 Å². The van der Waals surface area contributed by atoms with E-state index in [2.05, 4.69) is 10.4 Å². The van der Waals surface area contributed by atoms with Crippen molar-refractivity contribution in [3.63, 3.8) is 0 Å². The summed E-state index contributed by atoms with van der Waals surface area (Å²) in [6.07, 6.45) is 0. The van der Waals surface area contributed by atoms with Gasteiger partial charge in [0.15, 0.2) is 11.5 Å². The summed E-state index contributed by atoms with van der Waals surface area (Å²) >= 11 is 0. The molecule has 164 valence electrons. The summed E-state index contributed by atoms with van der Waals surface area (Å²) in [5.74, 6) is 1.93. The van der Waals surface area contributed by atoms with Crippen molar-refractivity contribution in [1.29, 1.82) is 0 Å². The molecule has 0 aliphatic carbocycles. The van der Waals surface area contributed by atoms with Crippen LogP contribution in [0.3, 0.4) is 0 Å². The number of amides is 1. The first kappa shape index (κ1) is 22.4. The van der Waals surface area contributed by atoms with Crippen molar-refractivity contribution < 1.29 is 14.3 Å². The van der Waals surface area contributed by atoms with E-state index >= 15 is 0 Å². The first-order chi connectivity index (χ1) is 14.8. The van der Waals surface area contributed by atoms with Crippen molar-refractivity contribution >= 4 is 11.7 Å². The van der Waals surface area contributed by atoms with Crippen LogP contribution in [0.1, 0.15) is 22.4 Å². The van der Waals surface area contributed by atoms with Crippen LogP contribution in [0.15, 0.2) is 42.5 Å². The number of hydrogen-bond acceptors (Lipinski definition) is 5. The normalized spacial score (nSPS) is 10.9. The summed E-state index contributed by atoms with van der Waals surface area (Å²) in [5.41, 5.74) is 5.07. The molecule has 1 N–H and O–H groups in total. The number of carbonyl (C=O) groups is 1. The average Bonchev–Trinajstić information content (AvgIpc) is 3.09. The lowest BCUT2D eigenvalue weighted by atomic mass is 10.1. The van der Waals surface area contributed by atoms with Crippen LogP contribution >= 0.6 is 0 Å². The van der Waals surface area contributed by atoms with E-state index in [1.807, 2.05) is 75.2 Å². The van der Waals surface area contributed by atoms with Crippen LogP contribution in [-0.2, 0) is 11.3 Å². The molecule has 1 aromatic heterocycles. The number of anilines is 1. The minimum atomic E-state index is -0.103. The van der Waals surface area contributed by atoms with Crippen LogP contribution in [0, 0.1) is 20.8 Å². The highest BCUT2D eigenvalue weighted by Gasteiger charge is 2.15. The molecule has 0 saturated carbocycles. The van der Waals surface area contributed by atoms with Gasteiger partial charge in [-0.15, -0.1) is 0 Å². The highest BCUT2D eigenvalue weighted by Crippen LogP contribution is 2.30.